The predicted octanol–water partition coefficient (Wildman–Crippen LogP) is 6.98. The Morgan fingerprint density at radius 3 is 2.33 bits per heavy atom. The smallest absolute Gasteiger partial charge is 0.407 e. The van der Waals surface area contributed by atoms with Gasteiger partial charge in [0, 0.05) is 16.4 Å². The molecule has 0 saturated heterocycles. The lowest BCUT2D eigenvalue weighted by atomic mass is 10.1. The van der Waals surface area contributed by atoms with E-state index >= 15 is 0 Å². The Hall–Kier alpha value is -3.07. The van der Waals surface area contributed by atoms with E-state index in [1.54, 1.807) is 33.8 Å². The number of anilines is 1. The molecule has 0 saturated carbocycles. The number of benzene rings is 2. The van der Waals surface area contributed by atoms with Crippen molar-refractivity contribution in [2.75, 3.05) is 11.4 Å². The van der Waals surface area contributed by atoms with Crippen LogP contribution in [0.5, 0.6) is 0 Å². The zero-order chi connectivity index (χ0) is 26.6. The lowest BCUT2D eigenvalue weighted by Gasteiger charge is -2.30. The van der Waals surface area contributed by atoms with Crippen LogP contribution in [0.15, 0.2) is 54.6 Å². The van der Waals surface area contributed by atoms with E-state index < -0.39 is 29.6 Å². The van der Waals surface area contributed by atoms with E-state index in [0.717, 1.165) is 16.9 Å². The van der Waals surface area contributed by atoms with Crippen LogP contribution in [0.25, 0.3) is 10.4 Å². The molecule has 2 amide bonds. The number of aromatic carboxylic acids is 1. The van der Waals surface area contributed by atoms with E-state index in [2.05, 4.69) is 5.32 Å². The Balaban J connectivity index is 2.05. The number of carbonyl (C=O) groups excluding carboxylic acids is 2. The van der Waals surface area contributed by atoms with Gasteiger partial charge in [0.1, 0.15) is 10.5 Å². The van der Waals surface area contributed by atoms with Crippen molar-refractivity contribution in [3.8, 4) is 10.4 Å². The second-order valence-electron chi connectivity index (χ2n) is 9.03. The predicted molar refractivity (Wildman–Crippen MR) is 144 cm³/mol. The van der Waals surface area contributed by atoms with E-state index in [1.165, 1.54) is 23.1 Å². The molecule has 2 aromatic carbocycles. The van der Waals surface area contributed by atoms with Crippen molar-refractivity contribution in [3.05, 3.63) is 75.1 Å². The van der Waals surface area contributed by atoms with Crippen molar-refractivity contribution in [3.63, 3.8) is 0 Å². The number of halogens is 2. The third-order valence-electron chi connectivity index (χ3n) is 4.99. The average Bonchev–Trinajstić information content (AvgIpc) is 3.22. The van der Waals surface area contributed by atoms with Crippen LogP contribution in [0, 0.1) is 0 Å². The maximum absolute atomic E-state index is 13.8. The normalized spacial score (nSPS) is 12.1. The second-order valence-corrected chi connectivity index (χ2v) is 10.9. The minimum absolute atomic E-state index is 0.00143. The van der Waals surface area contributed by atoms with Gasteiger partial charge in [0.15, 0.2) is 0 Å². The Bertz CT molecular complexity index is 1270. The third kappa shape index (κ3) is 6.78. The highest BCUT2D eigenvalue weighted by atomic mass is 35.5. The molecule has 0 aliphatic rings. The third-order valence-corrected chi connectivity index (χ3v) is 6.70. The minimum Gasteiger partial charge on any atom is -0.477 e. The lowest BCUT2D eigenvalue weighted by Crippen LogP contribution is -2.47. The van der Waals surface area contributed by atoms with Gasteiger partial charge in [-0.25, -0.2) is 9.59 Å². The van der Waals surface area contributed by atoms with Crippen LogP contribution in [0.1, 0.15) is 47.7 Å². The molecule has 10 heteroatoms. The first-order chi connectivity index (χ1) is 16.9. The van der Waals surface area contributed by atoms with E-state index in [1.807, 2.05) is 30.3 Å². The highest BCUT2D eigenvalue weighted by molar-refractivity contribution is 7.18. The van der Waals surface area contributed by atoms with Gasteiger partial charge in [0.2, 0.25) is 0 Å². The summed E-state index contributed by atoms with van der Waals surface area (Å²) in [4.78, 5) is 40.2. The molecule has 0 aliphatic carbocycles. The molecule has 190 valence electrons. The van der Waals surface area contributed by atoms with Crippen LogP contribution in [0.4, 0.5) is 10.5 Å². The number of carboxylic acid groups (broad SMARTS) is 1. The summed E-state index contributed by atoms with van der Waals surface area (Å²) in [6.45, 7) is 6.92. The molecule has 7 nitrogen and oxygen atoms in total. The molecule has 0 radical (unpaired) electrons. The lowest BCUT2D eigenvalue weighted by molar-refractivity contribution is 0.0522. The number of carbonyl (C=O) groups is 3. The molecule has 0 fully saturated rings. The maximum Gasteiger partial charge on any atom is 0.407 e. The Morgan fingerprint density at radius 1 is 1.08 bits per heavy atom. The van der Waals surface area contributed by atoms with E-state index in [4.69, 9.17) is 27.9 Å². The molecule has 0 spiro atoms. The number of thiophene rings is 1. The van der Waals surface area contributed by atoms with Gasteiger partial charge in [-0.3, -0.25) is 4.79 Å². The quantitative estimate of drug-likeness (QED) is 0.332. The first-order valence-electron chi connectivity index (χ1n) is 11.1. The van der Waals surface area contributed by atoms with Crippen LogP contribution < -0.4 is 10.2 Å². The average molecular weight is 549 g/mol. The van der Waals surface area contributed by atoms with Gasteiger partial charge in [-0.05, 0) is 57.5 Å². The summed E-state index contributed by atoms with van der Waals surface area (Å²) in [5, 5.41) is 13.1. The largest absolute Gasteiger partial charge is 0.477 e. The van der Waals surface area contributed by atoms with Gasteiger partial charge in [-0.1, -0.05) is 53.5 Å². The summed E-state index contributed by atoms with van der Waals surface area (Å²) >= 11 is 13.4. The van der Waals surface area contributed by atoms with Crippen molar-refractivity contribution < 1.29 is 24.2 Å². The van der Waals surface area contributed by atoms with Gasteiger partial charge in [0.05, 0.1) is 22.3 Å². The zero-order valence-corrected chi connectivity index (χ0v) is 22.5. The first-order valence-corrected chi connectivity index (χ1v) is 12.6. The number of rotatable bonds is 7. The molecule has 0 aliphatic heterocycles. The van der Waals surface area contributed by atoms with E-state index in [0.29, 0.717) is 9.90 Å². The number of nitrogens with zero attached hydrogens (tertiary/aromatic N) is 1. The zero-order valence-electron chi connectivity index (χ0n) is 20.2. The van der Waals surface area contributed by atoms with E-state index in [9.17, 15) is 19.5 Å². The number of hydrogen-bond donors (Lipinski definition) is 2. The van der Waals surface area contributed by atoms with Crippen LogP contribution in [0.2, 0.25) is 10.0 Å². The SMILES string of the molecule is CC(CNC(=O)OC(C)(C)C)N(C(=O)c1ccc(Cl)cc1Cl)c1cc(-c2ccccc2)sc1C(=O)O. The fourth-order valence-electron chi connectivity index (χ4n) is 3.43. The number of hydrogen-bond acceptors (Lipinski definition) is 5. The van der Waals surface area contributed by atoms with Crippen LogP contribution >= 0.6 is 34.5 Å². The van der Waals surface area contributed by atoms with Crippen molar-refractivity contribution in [2.24, 2.45) is 0 Å². The number of carboxylic acids is 1. The van der Waals surface area contributed by atoms with Gasteiger partial charge < -0.3 is 20.1 Å². The van der Waals surface area contributed by atoms with E-state index in [-0.39, 0.29) is 27.7 Å². The Morgan fingerprint density at radius 2 is 1.75 bits per heavy atom. The van der Waals surface area contributed by atoms with Crippen molar-refractivity contribution in [2.45, 2.75) is 39.3 Å². The topological polar surface area (TPSA) is 95.9 Å². The van der Waals surface area contributed by atoms with Gasteiger partial charge in [-0.15, -0.1) is 11.3 Å². The summed E-state index contributed by atoms with van der Waals surface area (Å²) in [7, 11) is 0. The summed E-state index contributed by atoms with van der Waals surface area (Å²) < 4.78 is 5.29. The minimum atomic E-state index is -1.18. The van der Waals surface area contributed by atoms with Gasteiger partial charge >= 0.3 is 12.1 Å². The molecule has 1 heterocycles. The van der Waals surface area contributed by atoms with Crippen LogP contribution in [-0.4, -0.2) is 41.3 Å². The summed E-state index contributed by atoms with van der Waals surface area (Å²) in [6, 6.07) is 14.7. The number of amides is 2. The molecule has 1 atom stereocenters. The molecule has 36 heavy (non-hydrogen) atoms. The monoisotopic (exact) mass is 548 g/mol. The number of ether oxygens (including phenoxy) is 1. The maximum atomic E-state index is 13.8. The summed E-state index contributed by atoms with van der Waals surface area (Å²) in [6.07, 6.45) is -0.653. The second kappa shape index (κ2) is 11.3. The number of nitrogens with one attached hydrogen (secondary N) is 1. The molecule has 3 aromatic rings. The molecule has 1 unspecified atom stereocenters. The number of alkyl carbamates (subject to hydrolysis) is 1. The standard InChI is InChI=1S/C26H26Cl2N2O5S/c1-15(14-29-25(34)35-26(2,3)4)30(23(31)18-11-10-17(27)12-19(18)28)20-13-21(36-22(20)24(32)33)16-8-6-5-7-9-16/h5-13,15H,14H2,1-4H3,(H,29,34)(H,32,33). The molecular formula is C26H26Cl2N2O5S. The highest BCUT2D eigenvalue weighted by Crippen LogP contribution is 2.39. The highest BCUT2D eigenvalue weighted by Gasteiger charge is 2.31. The fraction of sp³-hybridized carbons (Fsp3) is 0.269. The van der Waals surface area contributed by atoms with Crippen molar-refractivity contribution >= 4 is 58.2 Å². The van der Waals surface area contributed by atoms with Crippen LogP contribution in [-0.2, 0) is 4.74 Å². The van der Waals surface area contributed by atoms with Gasteiger partial charge in [-0.2, -0.15) is 0 Å². The van der Waals surface area contributed by atoms with Gasteiger partial charge in [0.25, 0.3) is 5.91 Å². The van der Waals surface area contributed by atoms with Crippen molar-refractivity contribution in [1.82, 2.24) is 5.32 Å². The molecule has 3 rings (SSSR count). The molecular weight excluding hydrogens is 523 g/mol. The summed E-state index contributed by atoms with van der Waals surface area (Å²) in [5.74, 6) is -1.71. The summed E-state index contributed by atoms with van der Waals surface area (Å²) in [5.41, 5.74) is 0.455. The molecule has 2 N–H and O–H groups in total. The van der Waals surface area contributed by atoms with Crippen LogP contribution in [0.3, 0.4) is 0 Å². The van der Waals surface area contributed by atoms with Crippen molar-refractivity contribution in [1.29, 1.82) is 0 Å². The Labute approximate surface area is 223 Å². The Kier molecular flexibility index (Phi) is 8.66. The molecule has 0 bridgehead atoms. The molecule has 1 aromatic heterocycles. The fourth-order valence-corrected chi connectivity index (χ4v) is 4.92. The first kappa shape index (κ1) is 27.5.